The van der Waals surface area contributed by atoms with Gasteiger partial charge < -0.3 is 4.74 Å². The molecule has 6 nitrogen and oxygen atoms in total. The summed E-state index contributed by atoms with van der Waals surface area (Å²) in [6.07, 6.45) is 6.31. The highest BCUT2D eigenvalue weighted by Crippen LogP contribution is 2.40. The van der Waals surface area contributed by atoms with Crippen molar-refractivity contribution in [1.82, 2.24) is 14.2 Å². The second kappa shape index (κ2) is 6.83. The quantitative estimate of drug-likeness (QED) is 0.794. The van der Waals surface area contributed by atoms with Crippen LogP contribution in [0.3, 0.4) is 0 Å². The molecule has 1 atom stereocenters. The molecular formula is C21H25N3O3S. The number of likely N-dealkylation sites (tertiary alicyclic amines) is 1. The maximum absolute atomic E-state index is 13.5. The van der Waals surface area contributed by atoms with Crippen LogP contribution in [0.1, 0.15) is 31.4 Å². The van der Waals surface area contributed by atoms with E-state index in [-0.39, 0.29) is 11.4 Å². The van der Waals surface area contributed by atoms with Crippen LogP contribution in [0.5, 0.6) is 5.75 Å². The minimum Gasteiger partial charge on any atom is -0.483 e. The summed E-state index contributed by atoms with van der Waals surface area (Å²) < 4.78 is 34.9. The Labute approximate surface area is 166 Å². The number of benzene rings is 1. The Morgan fingerprint density at radius 3 is 2.68 bits per heavy atom. The van der Waals surface area contributed by atoms with E-state index in [0.717, 1.165) is 25.2 Å². The molecule has 3 aliphatic rings. The molecule has 1 saturated carbocycles. The lowest BCUT2D eigenvalue weighted by Gasteiger charge is -2.37. The first-order chi connectivity index (χ1) is 13.6. The van der Waals surface area contributed by atoms with Crippen molar-refractivity contribution in [3.8, 4) is 5.75 Å². The molecule has 5 rings (SSSR count). The summed E-state index contributed by atoms with van der Waals surface area (Å²) in [6, 6.07) is 13.3. The minimum absolute atomic E-state index is 0.255. The van der Waals surface area contributed by atoms with Gasteiger partial charge in [0.05, 0.1) is 18.8 Å². The zero-order valence-corrected chi connectivity index (χ0v) is 16.6. The van der Waals surface area contributed by atoms with E-state index in [2.05, 4.69) is 9.88 Å². The monoisotopic (exact) mass is 399 g/mol. The summed E-state index contributed by atoms with van der Waals surface area (Å²) in [5.41, 5.74) is 0.235. The molecule has 3 heterocycles. The fourth-order valence-corrected chi connectivity index (χ4v) is 6.12. The minimum atomic E-state index is -3.66. The van der Waals surface area contributed by atoms with Crippen LogP contribution in [0, 0.1) is 0 Å². The van der Waals surface area contributed by atoms with Gasteiger partial charge in [0.1, 0.15) is 16.2 Å². The van der Waals surface area contributed by atoms with Gasteiger partial charge in [0.2, 0.25) is 10.0 Å². The van der Waals surface area contributed by atoms with Gasteiger partial charge in [-0.3, -0.25) is 9.88 Å². The predicted molar refractivity (Wildman–Crippen MR) is 105 cm³/mol. The van der Waals surface area contributed by atoms with Crippen LogP contribution in [0.25, 0.3) is 0 Å². The fraction of sp³-hybridized carbons (Fsp3) is 0.476. The van der Waals surface area contributed by atoms with E-state index in [0.29, 0.717) is 18.3 Å². The van der Waals surface area contributed by atoms with Crippen LogP contribution >= 0.6 is 0 Å². The van der Waals surface area contributed by atoms with Crippen molar-refractivity contribution in [3.63, 3.8) is 0 Å². The van der Waals surface area contributed by atoms with E-state index in [1.165, 1.54) is 19.3 Å². The lowest BCUT2D eigenvalue weighted by molar-refractivity contribution is 0.0444. The van der Waals surface area contributed by atoms with Crippen molar-refractivity contribution in [2.75, 3.05) is 19.6 Å². The summed E-state index contributed by atoms with van der Waals surface area (Å²) in [7, 11) is -3.66. The standard InChI is InChI=1S/C21H25N3O3S/c25-28(26)20-10-2-1-9-19(20)27-21(11-13-23(15-21)18-7-5-8-18)16-24(28)14-17-6-3-4-12-22-17/h1-4,6,9-10,12,18H,5,7-8,11,13-16H2/t21-/m0/s1. The first-order valence-electron chi connectivity index (χ1n) is 9.98. The molecule has 148 valence electrons. The van der Waals surface area contributed by atoms with E-state index in [1.807, 2.05) is 24.3 Å². The number of hydrogen-bond donors (Lipinski definition) is 0. The van der Waals surface area contributed by atoms with Crippen LogP contribution in [0.2, 0.25) is 0 Å². The number of para-hydroxylation sites is 1. The topological polar surface area (TPSA) is 62.7 Å². The molecule has 1 aromatic heterocycles. The third-order valence-corrected chi connectivity index (χ3v) is 8.09. The van der Waals surface area contributed by atoms with Crippen LogP contribution in [-0.4, -0.2) is 53.9 Å². The molecule has 1 saturated heterocycles. The van der Waals surface area contributed by atoms with Gasteiger partial charge in [0.25, 0.3) is 0 Å². The number of ether oxygens (including phenoxy) is 1. The molecule has 1 aromatic carbocycles. The molecule has 2 aromatic rings. The number of aromatic nitrogens is 1. The number of nitrogens with zero attached hydrogens (tertiary/aromatic N) is 3. The number of pyridine rings is 1. The average Bonchev–Trinajstić information content (AvgIpc) is 3.00. The molecule has 0 radical (unpaired) electrons. The maximum atomic E-state index is 13.5. The van der Waals surface area contributed by atoms with Gasteiger partial charge in [0.15, 0.2) is 0 Å². The van der Waals surface area contributed by atoms with Gasteiger partial charge in [-0.15, -0.1) is 0 Å². The Morgan fingerprint density at radius 1 is 1.11 bits per heavy atom. The summed E-state index contributed by atoms with van der Waals surface area (Å²) in [4.78, 5) is 7.09. The van der Waals surface area contributed by atoms with Crippen LogP contribution in [0.4, 0.5) is 0 Å². The highest BCUT2D eigenvalue weighted by atomic mass is 32.2. The zero-order valence-electron chi connectivity index (χ0n) is 15.8. The SMILES string of the molecule is O=S1(=O)c2ccccc2O[C@]2(CCN(C3CCC3)C2)CN1Cc1ccccn1. The molecule has 2 fully saturated rings. The van der Waals surface area contributed by atoms with Gasteiger partial charge >= 0.3 is 0 Å². The Balaban J connectivity index is 1.52. The van der Waals surface area contributed by atoms with Crippen LogP contribution in [-0.2, 0) is 16.6 Å². The van der Waals surface area contributed by atoms with Crippen molar-refractivity contribution < 1.29 is 13.2 Å². The largest absolute Gasteiger partial charge is 0.483 e. The molecule has 28 heavy (non-hydrogen) atoms. The van der Waals surface area contributed by atoms with Gasteiger partial charge in [-0.25, -0.2) is 8.42 Å². The Kier molecular flexibility index (Phi) is 4.41. The Bertz CT molecular complexity index is 962. The zero-order chi connectivity index (χ0) is 19.2. The van der Waals surface area contributed by atoms with Crippen molar-refractivity contribution in [2.24, 2.45) is 0 Å². The van der Waals surface area contributed by atoms with Gasteiger partial charge in [-0.2, -0.15) is 4.31 Å². The number of sulfonamides is 1. The molecule has 1 spiro atoms. The molecule has 0 N–H and O–H groups in total. The fourth-order valence-electron chi connectivity index (χ4n) is 4.52. The van der Waals surface area contributed by atoms with Gasteiger partial charge in [-0.1, -0.05) is 24.6 Å². The molecule has 0 unspecified atom stereocenters. The third-order valence-electron chi connectivity index (χ3n) is 6.26. The molecular weight excluding hydrogens is 374 g/mol. The number of rotatable bonds is 3. The normalized spacial score (nSPS) is 27.7. The molecule has 0 bridgehead atoms. The summed E-state index contributed by atoms with van der Waals surface area (Å²) in [5.74, 6) is 0.474. The second-order valence-corrected chi connectivity index (χ2v) is 10.0. The first-order valence-corrected chi connectivity index (χ1v) is 11.4. The molecule has 1 aliphatic carbocycles. The first kappa shape index (κ1) is 18.1. The van der Waals surface area contributed by atoms with Crippen molar-refractivity contribution in [2.45, 2.75) is 48.8 Å². The van der Waals surface area contributed by atoms with Crippen molar-refractivity contribution in [3.05, 3.63) is 54.4 Å². The van der Waals surface area contributed by atoms with E-state index in [1.54, 1.807) is 28.7 Å². The highest BCUT2D eigenvalue weighted by molar-refractivity contribution is 7.89. The summed E-state index contributed by atoms with van der Waals surface area (Å²) >= 11 is 0. The van der Waals surface area contributed by atoms with E-state index in [4.69, 9.17) is 4.74 Å². The van der Waals surface area contributed by atoms with Crippen molar-refractivity contribution >= 4 is 10.0 Å². The lowest BCUT2D eigenvalue weighted by Crippen LogP contribution is -2.50. The highest BCUT2D eigenvalue weighted by Gasteiger charge is 2.49. The predicted octanol–water partition coefficient (Wildman–Crippen LogP) is 2.66. The van der Waals surface area contributed by atoms with E-state index >= 15 is 0 Å². The smallest absolute Gasteiger partial charge is 0.247 e. The molecule has 2 aliphatic heterocycles. The summed E-state index contributed by atoms with van der Waals surface area (Å²) in [5, 5.41) is 0. The van der Waals surface area contributed by atoms with Crippen LogP contribution < -0.4 is 4.74 Å². The number of fused-ring (bicyclic) bond motifs is 1. The van der Waals surface area contributed by atoms with Crippen molar-refractivity contribution in [1.29, 1.82) is 0 Å². The summed E-state index contributed by atoms with van der Waals surface area (Å²) in [6.45, 7) is 2.35. The molecule has 7 heteroatoms. The van der Waals surface area contributed by atoms with Gasteiger partial charge in [0, 0.05) is 31.7 Å². The van der Waals surface area contributed by atoms with E-state index in [9.17, 15) is 8.42 Å². The van der Waals surface area contributed by atoms with E-state index < -0.39 is 15.6 Å². The lowest BCUT2D eigenvalue weighted by atomic mass is 9.91. The average molecular weight is 400 g/mol. The third kappa shape index (κ3) is 3.11. The van der Waals surface area contributed by atoms with Gasteiger partial charge in [-0.05, 0) is 37.1 Å². The molecule has 0 amide bonds. The number of hydrogen-bond acceptors (Lipinski definition) is 5. The Morgan fingerprint density at radius 2 is 1.93 bits per heavy atom. The Hall–Kier alpha value is -1.96. The maximum Gasteiger partial charge on any atom is 0.247 e. The van der Waals surface area contributed by atoms with Crippen LogP contribution in [0.15, 0.2) is 53.6 Å². The second-order valence-electron chi connectivity index (χ2n) is 8.13.